The third kappa shape index (κ3) is 4.12. The van der Waals surface area contributed by atoms with Crippen LogP contribution in [-0.4, -0.2) is 67.8 Å². The number of nitrogens with two attached hydrogens (primary N) is 1. The van der Waals surface area contributed by atoms with Crippen LogP contribution < -0.4 is 11.5 Å². The highest BCUT2D eigenvalue weighted by atomic mass is 16.6. The summed E-state index contributed by atoms with van der Waals surface area (Å²) in [6, 6.07) is -0.530. The first-order valence-corrected chi connectivity index (χ1v) is 7.98. The van der Waals surface area contributed by atoms with E-state index in [4.69, 9.17) is 15.2 Å². The summed E-state index contributed by atoms with van der Waals surface area (Å²) in [5.41, 5.74) is 8.84. The Morgan fingerprint density at radius 3 is 2.72 bits per heavy atom. The number of amides is 1. The van der Waals surface area contributed by atoms with Crippen molar-refractivity contribution >= 4 is 11.9 Å². The zero-order valence-electron chi connectivity index (χ0n) is 14.1. The van der Waals surface area contributed by atoms with Crippen LogP contribution in [0.5, 0.6) is 0 Å². The number of ether oxygens (including phenoxy) is 2. The Balaban J connectivity index is 1.97. The van der Waals surface area contributed by atoms with E-state index in [1.165, 1.54) is 0 Å². The summed E-state index contributed by atoms with van der Waals surface area (Å²) < 4.78 is 11.7. The van der Waals surface area contributed by atoms with Gasteiger partial charge >= 0.3 is 5.97 Å². The quantitative estimate of drug-likeness (QED) is 0.377. The van der Waals surface area contributed by atoms with E-state index in [1.807, 2.05) is 13.8 Å². The van der Waals surface area contributed by atoms with Gasteiger partial charge in [0.25, 0.3) is 5.91 Å². The van der Waals surface area contributed by atoms with Gasteiger partial charge in [-0.2, -0.15) is 0 Å². The summed E-state index contributed by atoms with van der Waals surface area (Å²) >= 11 is 0. The van der Waals surface area contributed by atoms with Crippen LogP contribution in [-0.2, 0) is 14.3 Å². The second kappa shape index (κ2) is 7.87. The average Bonchev–Trinajstić information content (AvgIpc) is 3.18. The van der Waals surface area contributed by atoms with Crippen molar-refractivity contribution in [3.05, 3.63) is 12.2 Å². The van der Waals surface area contributed by atoms with Crippen molar-refractivity contribution in [1.29, 1.82) is 0 Å². The molecule has 2 heterocycles. The number of carbonyl (C=O) groups is 2. The third-order valence-corrected chi connectivity index (χ3v) is 4.35. The van der Waals surface area contributed by atoms with Crippen LogP contribution in [0.25, 0.3) is 0 Å². The lowest BCUT2D eigenvalue weighted by Crippen LogP contribution is -2.68. The van der Waals surface area contributed by atoms with Crippen molar-refractivity contribution in [1.82, 2.24) is 14.8 Å². The standard InChI is InChI=1S/C14H23N5O6/c1-3-6(2)8(15)14(23)24-4-7-9(20)10(21)13(25-7)19-5-17-12(18-19)11(16)22/h5-10,13,20-21H,3-4,15H2,1-2H3,(H2,16,22)/p+1/t6-,7+,8?,9?,10?,13+/m0/s1. The molecule has 11 heteroatoms. The lowest BCUT2D eigenvalue weighted by molar-refractivity contribution is -0.420. The van der Waals surface area contributed by atoms with E-state index in [0.29, 0.717) is 0 Å². The molecule has 0 bridgehead atoms. The largest absolute Gasteiger partial charge is 0.458 e. The molecule has 1 aromatic heterocycles. The van der Waals surface area contributed by atoms with E-state index >= 15 is 0 Å². The van der Waals surface area contributed by atoms with E-state index in [9.17, 15) is 19.8 Å². The molecular formula is C14H24N5O6+. The number of rotatable bonds is 7. The van der Waals surface area contributed by atoms with Crippen LogP contribution in [0, 0.1) is 5.92 Å². The minimum atomic E-state index is -1.34. The number of aliphatic hydroxyl groups excluding tert-OH is 2. The average molecular weight is 358 g/mol. The second-order valence-electron chi connectivity index (χ2n) is 6.08. The van der Waals surface area contributed by atoms with Crippen LogP contribution >= 0.6 is 0 Å². The number of quaternary nitrogens is 1. The van der Waals surface area contributed by atoms with E-state index in [2.05, 4.69) is 15.8 Å². The maximum absolute atomic E-state index is 12.0. The highest BCUT2D eigenvalue weighted by Gasteiger charge is 2.45. The molecule has 25 heavy (non-hydrogen) atoms. The molecule has 7 N–H and O–H groups in total. The molecule has 0 aliphatic carbocycles. The van der Waals surface area contributed by atoms with Crippen molar-refractivity contribution in [2.45, 2.75) is 50.8 Å². The summed E-state index contributed by atoms with van der Waals surface area (Å²) in [7, 11) is 0. The molecule has 1 aromatic rings. The van der Waals surface area contributed by atoms with Crippen LogP contribution in [0.15, 0.2) is 6.33 Å². The molecule has 0 radical (unpaired) electrons. The topological polar surface area (TPSA) is 177 Å². The lowest BCUT2D eigenvalue weighted by Gasteiger charge is -2.17. The Bertz CT molecular complexity index is 623. The molecule has 6 atom stereocenters. The van der Waals surface area contributed by atoms with Crippen molar-refractivity contribution in [2.75, 3.05) is 6.61 Å². The molecule has 1 fully saturated rings. The molecule has 1 saturated heterocycles. The SMILES string of the molecule is CC[C@H](C)C([NH3+])C(=O)OC[C@H]1O[C@@H](n2cnc(C(N)=O)n2)C(O)C1O. The summed E-state index contributed by atoms with van der Waals surface area (Å²) in [6.07, 6.45) is -2.73. The first kappa shape index (κ1) is 19.2. The molecule has 3 unspecified atom stereocenters. The molecule has 11 nitrogen and oxygen atoms in total. The molecule has 0 aromatic carbocycles. The summed E-state index contributed by atoms with van der Waals surface area (Å²) in [5.74, 6) is -1.51. The number of aromatic nitrogens is 3. The molecule has 1 aliphatic heterocycles. The number of carbonyl (C=O) groups excluding carboxylic acids is 2. The van der Waals surface area contributed by atoms with Gasteiger partial charge in [-0.3, -0.25) is 4.79 Å². The predicted octanol–water partition coefficient (Wildman–Crippen LogP) is -2.80. The summed E-state index contributed by atoms with van der Waals surface area (Å²) in [6.45, 7) is 3.59. The van der Waals surface area contributed by atoms with E-state index in [1.54, 1.807) is 0 Å². The number of hydrogen-bond donors (Lipinski definition) is 4. The first-order valence-electron chi connectivity index (χ1n) is 7.98. The fraction of sp³-hybridized carbons (Fsp3) is 0.714. The highest BCUT2D eigenvalue weighted by Crippen LogP contribution is 2.29. The molecule has 140 valence electrons. The lowest BCUT2D eigenvalue weighted by atomic mass is 10.0. The summed E-state index contributed by atoms with van der Waals surface area (Å²) in [5, 5.41) is 24.0. The van der Waals surface area contributed by atoms with Crippen LogP contribution in [0.3, 0.4) is 0 Å². The van der Waals surface area contributed by atoms with E-state index < -0.39 is 42.5 Å². The minimum absolute atomic E-state index is 0.0580. The number of aliphatic hydroxyl groups is 2. The van der Waals surface area contributed by atoms with Crippen LogP contribution in [0.2, 0.25) is 0 Å². The van der Waals surface area contributed by atoms with Crippen molar-refractivity contribution in [3.63, 3.8) is 0 Å². The Hall–Kier alpha value is -2.08. The van der Waals surface area contributed by atoms with Gasteiger partial charge in [-0.15, -0.1) is 5.10 Å². The van der Waals surface area contributed by atoms with Gasteiger partial charge in [0.15, 0.2) is 12.3 Å². The number of nitrogens with zero attached hydrogens (tertiary/aromatic N) is 3. The minimum Gasteiger partial charge on any atom is -0.458 e. The van der Waals surface area contributed by atoms with Gasteiger partial charge in [-0.05, 0) is 6.42 Å². The van der Waals surface area contributed by atoms with Crippen molar-refractivity contribution in [2.24, 2.45) is 11.7 Å². The zero-order chi connectivity index (χ0) is 18.7. The van der Waals surface area contributed by atoms with Gasteiger partial charge in [-0.1, -0.05) is 13.8 Å². The highest BCUT2D eigenvalue weighted by molar-refractivity contribution is 5.88. The molecule has 0 spiro atoms. The van der Waals surface area contributed by atoms with Gasteiger partial charge in [0.05, 0.1) is 0 Å². The van der Waals surface area contributed by atoms with Gasteiger partial charge in [-0.25, -0.2) is 14.5 Å². The van der Waals surface area contributed by atoms with E-state index in [-0.39, 0.29) is 18.3 Å². The molecule has 2 rings (SSSR count). The first-order chi connectivity index (χ1) is 11.8. The fourth-order valence-electron chi connectivity index (χ4n) is 2.38. The Labute approximate surface area is 143 Å². The Kier molecular flexibility index (Phi) is 6.06. The predicted molar refractivity (Wildman–Crippen MR) is 81.6 cm³/mol. The second-order valence-corrected chi connectivity index (χ2v) is 6.08. The third-order valence-electron chi connectivity index (χ3n) is 4.35. The zero-order valence-corrected chi connectivity index (χ0v) is 14.1. The van der Waals surface area contributed by atoms with Gasteiger partial charge < -0.3 is 31.2 Å². The Morgan fingerprint density at radius 1 is 1.48 bits per heavy atom. The number of esters is 1. The maximum atomic E-state index is 12.0. The molecular weight excluding hydrogens is 334 g/mol. The smallest absolute Gasteiger partial charge is 0.365 e. The molecule has 0 saturated carbocycles. The molecule has 1 amide bonds. The van der Waals surface area contributed by atoms with Gasteiger partial charge in [0.2, 0.25) is 5.82 Å². The van der Waals surface area contributed by atoms with E-state index in [0.717, 1.165) is 17.4 Å². The van der Waals surface area contributed by atoms with Gasteiger partial charge in [0, 0.05) is 5.92 Å². The van der Waals surface area contributed by atoms with Crippen LogP contribution in [0.1, 0.15) is 37.1 Å². The number of hydrogen-bond acceptors (Lipinski definition) is 8. The Morgan fingerprint density at radius 2 is 2.16 bits per heavy atom. The van der Waals surface area contributed by atoms with Crippen molar-refractivity contribution in [3.8, 4) is 0 Å². The monoisotopic (exact) mass is 358 g/mol. The van der Waals surface area contributed by atoms with Crippen LogP contribution in [0.4, 0.5) is 0 Å². The molecule has 1 aliphatic rings. The van der Waals surface area contributed by atoms with Gasteiger partial charge in [0.1, 0.15) is 31.2 Å². The van der Waals surface area contributed by atoms with Crippen molar-refractivity contribution < 1.29 is 35.0 Å². The normalized spacial score (nSPS) is 28.5. The fourth-order valence-corrected chi connectivity index (χ4v) is 2.38. The summed E-state index contributed by atoms with van der Waals surface area (Å²) in [4.78, 5) is 26.7. The maximum Gasteiger partial charge on any atom is 0.365 e. The number of primary amides is 1.